The zero-order chi connectivity index (χ0) is 14.7. The number of hydrogen-bond donors (Lipinski definition) is 1. The third-order valence-electron chi connectivity index (χ3n) is 5.22. The van der Waals surface area contributed by atoms with Crippen LogP contribution in [0.5, 0.6) is 0 Å². The van der Waals surface area contributed by atoms with Crippen LogP contribution < -0.4 is 0 Å². The molecule has 2 aliphatic carbocycles. The number of nitrogens with zero attached hydrogens (tertiary/aromatic N) is 2. The Hall–Kier alpha value is -1.06. The Morgan fingerprint density at radius 2 is 2.14 bits per heavy atom. The molecule has 0 saturated heterocycles. The van der Waals surface area contributed by atoms with Crippen molar-refractivity contribution in [2.45, 2.75) is 50.7 Å². The molecule has 3 aliphatic rings. The molecule has 3 unspecified atom stereocenters. The molecule has 1 N–H and O–H groups in total. The van der Waals surface area contributed by atoms with Crippen molar-refractivity contribution in [1.82, 2.24) is 4.90 Å². The molecule has 3 atom stereocenters. The number of aliphatic hydroxyl groups excluding tert-OH is 1. The van der Waals surface area contributed by atoms with Crippen molar-refractivity contribution in [3.8, 4) is 0 Å². The Balaban J connectivity index is 0.000000160. The van der Waals surface area contributed by atoms with Crippen LogP contribution in [0.15, 0.2) is 35.3 Å². The second kappa shape index (κ2) is 7.47. The maximum absolute atomic E-state index is 9.19. The van der Waals surface area contributed by atoms with Crippen LogP contribution >= 0.6 is 12.4 Å². The fourth-order valence-electron chi connectivity index (χ4n) is 3.85. The van der Waals surface area contributed by atoms with Gasteiger partial charge in [-0.15, -0.1) is 12.4 Å². The minimum Gasteiger partial charge on any atom is -0.374 e. The molecule has 2 fully saturated rings. The lowest BCUT2D eigenvalue weighted by molar-refractivity contribution is 0.0603. The highest BCUT2D eigenvalue weighted by molar-refractivity contribution is 5.85. The largest absolute Gasteiger partial charge is 0.374 e. The van der Waals surface area contributed by atoms with Crippen LogP contribution in [0, 0.1) is 5.92 Å². The Morgan fingerprint density at radius 1 is 1.36 bits per heavy atom. The van der Waals surface area contributed by atoms with E-state index in [1.54, 1.807) is 11.9 Å². The topological polar surface area (TPSA) is 35.8 Å². The molecule has 4 rings (SSSR count). The van der Waals surface area contributed by atoms with E-state index in [-0.39, 0.29) is 18.6 Å². The van der Waals surface area contributed by atoms with Gasteiger partial charge in [0, 0.05) is 6.54 Å². The van der Waals surface area contributed by atoms with Gasteiger partial charge in [-0.1, -0.05) is 43.7 Å². The summed E-state index contributed by atoms with van der Waals surface area (Å²) in [6.07, 6.45) is 8.02. The summed E-state index contributed by atoms with van der Waals surface area (Å²) in [6, 6.07) is 11.1. The predicted octanol–water partition coefficient (Wildman–Crippen LogP) is 3.61. The molecule has 1 aromatic carbocycles. The van der Waals surface area contributed by atoms with Crippen LogP contribution in [0.4, 0.5) is 0 Å². The molecular formula is C18H27ClN2O. The van der Waals surface area contributed by atoms with Crippen molar-refractivity contribution >= 4 is 18.7 Å². The zero-order valence-corrected chi connectivity index (χ0v) is 14.1. The van der Waals surface area contributed by atoms with Gasteiger partial charge in [-0.3, -0.25) is 4.99 Å². The number of aliphatic imine (C=N–C) groups is 1. The van der Waals surface area contributed by atoms with Gasteiger partial charge in [-0.2, -0.15) is 0 Å². The van der Waals surface area contributed by atoms with Crippen LogP contribution in [-0.4, -0.2) is 35.7 Å². The maximum atomic E-state index is 9.19. The average molecular weight is 323 g/mol. The molecule has 0 bridgehead atoms. The molecular weight excluding hydrogens is 296 g/mol. The predicted molar refractivity (Wildman–Crippen MR) is 93.7 cm³/mol. The Bertz CT molecular complexity index is 493. The quantitative estimate of drug-likeness (QED) is 0.922. The van der Waals surface area contributed by atoms with Crippen molar-refractivity contribution in [2.75, 3.05) is 13.1 Å². The van der Waals surface area contributed by atoms with Gasteiger partial charge in [0.25, 0.3) is 0 Å². The zero-order valence-electron chi connectivity index (χ0n) is 13.3. The first kappa shape index (κ1) is 17.3. The summed E-state index contributed by atoms with van der Waals surface area (Å²) in [7, 11) is 0. The molecule has 2 saturated carbocycles. The van der Waals surface area contributed by atoms with Crippen LogP contribution in [0.25, 0.3) is 0 Å². The lowest BCUT2D eigenvalue weighted by Gasteiger charge is -2.19. The van der Waals surface area contributed by atoms with Crippen LogP contribution in [0.1, 0.15) is 44.6 Å². The molecule has 0 radical (unpaired) electrons. The Morgan fingerprint density at radius 3 is 2.64 bits per heavy atom. The van der Waals surface area contributed by atoms with Gasteiger partial charge in [-0.05, 0) is 42.6 Å². The van der Waals surface area contributed by atoms with E-state index in [4.69, 9.17) is 0 Å². The van der Waals surface area contributed by atoms with Gasteiger partial charge in [0.2, 0.25) is 0 Å². The third kappa shape index (κ3) is 3.47. The first-order valence-corrected chi connectivity index (χ1v) is 8.25. The number of halogens is 1. The molecule has 4 heteroatoms. The minimum absolute atomic E-state index is 0. The van der Waals surface area contributed by atoms with Crippen LogP contribution in [-0.2, 0) is 5.41 Å². The first-order chi connectivity index (χ1) is 10.3. The van der Waals surface area contributed by atoms with Gasteiger partial charge >= 0.3 is 0 Å². The summed E-state index contributed by atoms with van der Waals surface area (Å²) in [5.41, 5.74) is 2.26. The number of aliphatic hydroxyl groups is 1. The van der Waals surface area contributed by atoms with E-state index in [2.05, 4.69) is 35.3 Å². The van der Waals surface area contributed by atoms with Gasteiger partial charge in [-0.25, -0.2) is 0 Å². The van der Waals surface area contributed by atoms with Gasteiger partial charge in [0.05, 0.1) is 12.9 Å². The monoisotopic (exact) mass is 322 g/mol. The number of benzene rings is 1. The van der Waals surface area contributed by atoms with E-state index in [1.807, 2.05) is 11.8 Å². The van der Waals surface area contributed by atoms with E-state index in [1.165, 1.54) is 25.7 Å². The molecule has 22 heavy (non-hydrogen) atoms. The van der Waals surface area contributed by atoms with Crippen molar-refractivity contribution in [3.63, 3.8) is 0 Å². The molecule has 0 spiro atoms. The Labute approximate surface area is 139 Å². The van der Waals surface area contributed by atoms with Crippen molar-refractivity contribution < 1.29 is 5.11 Å². The fraction of sp³-hybridized carbons (Fsp3) is 0.611. The number of rotatable bonds is 3. The van der Waals surface area contributed by atoms with Crippen molar-refractivity contribution in [3.05, 3.63) is 35.9 Å². The van der Waals surface area contributed by atoms with Gasteiger partial charge in [0.1, 0.15) is 6.23 Å². The summed E-state index contributed by atoms with van der Waals surface area (Å²) in [4.78, 5) is 5.82. The van der Waals surface area contributed by atoms with Crippen molar-refractivity contribution in [1.29, 1.82) is 0 Å². The standard InChI is InChI=1S/C12H14.C6H12N2O.ClH/c1-2-5-10(6-3-1)12-8-4-7-11(12)9-12;1-2-6(9)8-4-3-7-5-8;/h1-3,5-6,11H,4,7-9H2;5-6,9H,2-4H2,1H3;1H. The summed E-state index contributed by atoms with van der Waals surface area (Å²) < 4.78 is 0. The highest BCUT2D eigenvalue weighted by Gasteiger charge is 2.57. The normalized spacial score (nSPS) is 29.2. The van der Waals surface area contributed by atoms with Gasteiger partial charge in [0.15, 0.2) is 0 Å². The summed E-state index contributed by atoms with van der Waals surface area (Å²) in [5, 5.41) is 9.19. The second-order valence-electron chi connectivity index (χ2n) is 6.46. The molecule has 122 valence electrons. The van der Waals surface area contributed by atoms with E-state index in [0.717, 1.165) is 25.4 Å². The lowest BCUT2D eigenvalue weighted by atomic mass is 9.94. The maximum Gasteiger partial charge on any atom is 0.127 e. The highest BCUT2D eigenvalue weighted by Crippen LogP contribution is 2.64. The average Bonchev–Trinajstić information content (AvgIpc) is 2.94. The summed E-state index contributed by atoms with van der Waals surface area (Å²) >= 11 is 0. The molecule has 1 aromatic rings. The molecule has 1 heterocycles. The smallest absolute Gasteiger partial charge is 0.127 e. The molecule has 3 nitrogen and oxygen atoms in total. The molecule has 0 aromatic heterocycles. The van der Waals surface area contributed by atoms with E-state index < -0.39 is 0 Å². The van der Waals surface area contributed by atoms with Gasteiger partial charge < -0.3 is 10.0 Å². The Kier molecular flexibility index (Phi) is 5.87. The third-order valence-corrected chi connectivity index (χ3v) is 5.22. The highest BCUT2D eigenvalue weighted by atomic mass is 35.5. The second-order valence-corrected chi connectivity index (χ2v) is 6.46. The minimum atomic E-state index is -0.323. The van der Waals surface area contributed by atoms with E-state index in [9.17, 15) is 5.11 Å². The molecule has 1 aliphatic heterocycles. The summed E-state index contributed by atoms with van der Waals surface area (Å²) in [6.45, 7) is 3.66. The number of fused-ring (bicyclic) bond motifs is 1. The van der Waals surface area contributed by atoms with E-state index in [0.29, 0.717) is 5.41 Å². The van der Waals surface area contributed by atoms with Crippen LogP contribution in [0.3, 0.4) is 0 Å². The van der Waals surface area contributed by atoms with E-state index >= 15 is 0 Å². The molecule has 0 amide bonds. The number of hydrogen-bond acceptors (Lipinski definition) is 3. The SMILES string of the molecule is CCC(O)N1C=NCC1.Cl.c1ccc(C23CCCC2C3)cc1. The van der Waals surface area contributed by atoms with Crippen LogP contribution in [0.2, 0.25) is 0 Å². The van der Waals surface area contributed by atoms with Crippen molar-refractivity contribution in [2.24, 2.45) is 10.9 Å². The summed E-state index contributed by atoms with van der Waals surface area (Å²) in [5.74, 6) is 1.04. The first-order valence-electron chi connectivity index (χ1n) is 8.25. The fourth-order valence-corrected chi connectivity index (χ4v) is 3.85. The lowest BCUT2D eigenvalue weighted by Crippen LogP contribution is -2.31.